The molecule has 0 amide bonds. The summed E-state index contributed by atoms with van der Waals surface area (Å²) in [4.78, 5) is 0. The number of nitrogens with one attached hydrogen (secondary N) is 1. The first-order valence-corrected chi connectivity index (χ1v) is 5.11. The van der Waals surface area contributed by atoms with Crippen LogP contribution in [0.1, 0.15) is 32.3 Å². The predicted octanol–water partition coefficient (Wildman–Crippen LogP) is 2.60. The van der Waals surface area contributed by atoms with Gasteiger partial charge in [0.1, 0.15) is 0 Å². The minimum absolute atomic E-state index is 0.306. The van der Waals surface area contributed by atoms with Crippen LogP contribution in [0.3, 0.4) is 0 Å². The maximum absolute atomic E-state index is 9.09. The summed E-state index contributed by atoms with van der Waals surface area (Å²) in [5.74, 6) is 0.570. The summed E-state index contributed by atoms with van der Waals surface area (Å²) in [6.07, 6.45) is -0.306. The van der Waals surface area contributed by atoms with Crippen molar-refractivity contribution in [1.82, 2.24) is 0 Å². The Morgan fingerprint density at radius 2 is 1.71 bits per heavy atom. The molecule has 2 heteroatoms. The van der Waals surface area contributed by atoms with E-state index in [0.29, 0.717) is 12.5 Å². The zero-order valence-electron chi connectivity index (χ0n) is 9.12. The van der Waals surface area contributed by atoms with Gasteiger partial charge in [-0.05, 0) is 30.5 Å². The van der Waals surface area contributed by atoms with Gasteiger partial charge < -0.3 is 10.4 Å². The number of aliphatic hydroxyl groups is 1. The van der Waals surface area contributed by atoms with Gasteiger partial charge >= 0.3 is 0 Å². The maximum Gasteiger partial charge on any atom is 0.0684 e. The van der Waals surface area contributed by atoms with E-state index in [1.165, 1.54) is 5.56 Å². The van der Waals surface area contributed by atoms with E-state index < -0.39 is 0 Å². The summed E-state index contributed by atoms with van der Waals surface area (Å²) in [5.41, 5.74) is 2.41. The summed E-state index contributed by atoms with van der Waals surface area (Å²) in [7, 11) is 0. The summed E-state index contributed by atoms with van der Waals surface area (Å²) in [6.45, 7) is 6.73. The average Bonchev–Trinajstić information content (AvgIpc) is 2.15. The van der Waals surface area contributed by atoms with E-state index in [4.69, 9.17) is 5.11 Å². The smallest absolute Gasteiger partial charge is 0.0684 e. The Hall–Kier alpha value is -1.02. The Labute approximate surface area is 86.0 Å². The number of hydrogen-bond donors (Lipinski definition) is 2. The van der Waals surface area contributed by atoms with Crippen molar-refractivity contribution < 1.29 is 5.11 Å². The number of benzene rings is 1. The maximum atomic E-state index is 9.09. The van der Waals surface area contributed by atoms with Gasteiger partial charge in [-0.25, -0.2) is 0 Å². The standard InChI is InChI=1S/C12H19NO/c1-9(2)11-4-6-12(7-5-11)13-8-10(3)14/h4-7,9-10,13-14H,8H2,1-3H3/t10-/m0/s1. The lowest BCUT2D eigenvalue weighted by molar-refractivity contribution is 0.208. The largest absolute Gasteiger partial charge is 0.392 e. The highest BCUT2D eigenvalue weighted by Crippen LogP contribution is 2.16. The molecule has 0 aliphatic heterocycles. The van der Waals surface area contributed by atoms with Gasteiger partial charge in [0.15, 0.2) is 0 Å². The van der Waals surface area contributed by atoms with E-state index in [0.717, 1.165) is 5.69 Å². The Balaban J connectivity index is 2.55. The SMILES string of the molecule is CC(C)c1ccc(NC[C@H](C)O)cc1. The molecule has 1 rings (SSSR count). The fourth-order valence-corrected chi connectivity index (χ4v) is 1.25. The molecule has 1 aromatic carbocycles. The van der Waals surface area contributed by atoms with Crippen molar-refractivity contribution in [3.63, 3.8) is 0 Å². The molecule has 0 spiro atoms. The topological polar surface area (TPSA) is 32.3 Å². The normalized spacial score (nSPS) is 12.9. The number of hydrogen-bond acceptors (Lipinski definition) is 2. The lowest BCUT2D eigenvalue weighted by Gasteiger charge is -2.10. The second kappa shape index (κ2) is 5.01. The molecular formula is C12H19NO. The lowest BCUT2D eigenvalue weighted by Crippen LogP contribution is -2.15. The molecule has 0 saturated heterocycles. The average molecular weight is 193 g/mol. The molecule has 0 aliphatic rings. The minimum atomic E-state index is -0.306. The van der Waals surface area contributed by atoms with Crippen LogP contribution in [0.5, 0.6) is 0 Å². The highest BCUT2D eigenvalue weighted by atomic mass is 16.3. The van der Waals surface area contributed by atoms with E-state index in [1.54, 1.807) is 6.92 Å². The van der Waals surface area contributed by atoms with Crippen molar-refractivity contribution in [1.29, 1.82) is 0 Å². The van der Waals surface area contributed by atoms with Gasteiger partial charge in [-0.3, -0.25) is 0 Å². The summed E-state index contributed by atoms with van der Waals surface area (Å²) in [5, 5.41) is 12.3. The van der Waals surface area contributed by atoms with E-state index in [-0.39, 0.29) is 6.10 Å². The molecule has 78 valence electrons. The molecule has 1 atom stereocenters. The molecule has 2 N–H and O–H groups in total. The quantitative estimate of drug-likeness (QED) is 0.770. The first kappa shape index (κ1) is 11.1. The van der Waals surface area contributed by atoms with E-state index in [2.05, 4.69) is 43.4 Å². The fourth-order valence-electron chi connectivity index (χ4n) is 1.25. The Morgan fingerprint density at radius 1 is 1.14 bits per heavy atom. The predicted molar refractivity (Wildman–Crippen MR) is 60.7 cm³/mol. The van der Waals surface area contributed by atoms with Crippen LogP contribution >= 0.6 is 0 Å². The van der Waals surface area contributed by atoms with Crippen LogP contribution in [0, 0.1) is 0 Å². The van der Waals surface area contributed by atoms with Gasteiger partial charge in [-0.1, -0.05) is 26.0 Å². The molecular weight excluding hydrogens is 174 g/mol. The Morgan fingerprint density at radius 3 is 2.14 bits per heavy atom. The van der Waals surface area contributed by atoms with Crippen molar-refractivity contribution in [3.05, 3.63) is 29.8 Å². The van der Waals surface area contributed by atoms with Crippen molar-refractivity contribution in [2.75, 3.05) is 11.9 Å². The van der Waals surface area contributed by atoms with Gasteiger partial charge in [0.25, 0.3) is 0 Å². The van der Waals surface area contributed by atoms with Gasteiger partial charge in [-0.2, -0.15) is 0 Å². The molecule has 0 unspecified atom stereocenters. The molecule has 0 fully saturated rings. The van der Waals surface area contributed by atoms with Crippen LogP contribution in [0.2, 0.25) is 0 Å². The molecule has 0 radical (unpaired) electrons. The van der Waals surface area contributed by atoms with Crippen LogP contribution in [0.15, 0.2) is 24.3 Å². The Kier molecular flexibility index (Phi) is 3.96. The van der Waals surface area contributed by atoms with Gasteiger partial charge in [0.05, 0.1) is 6.10 Å². The molecule has 0 aromatic heterocycles. The number of anilines is 1. The van der Waals surface area contributed by atoms with Crippen molar-refractivity contribution in [2.45, 2.75) is 32.8 Å². The first-order valence-electron chi connectivity index (χ1n) is 5.11. The number of aliphatic hydroxyl groups excluding tert-OH is 1. The second-order valence-electron chi connectivity index (χ2n) is 4.01. The van der Waals surface area contributed by atoms with Crippen LogP contribution in [0.4, 0.5) is 5.69 Å². The molecule has 0 saturated carbocycles. The molecule has 0 aliphatic carbocycles. The van der Waals surface area contributed by atoms with E-state index >= 15 is 0 Å². The second-order valence-corrected chi connectivity index (χ2v) is 4.01. The van der Waals surface area contributed by atoms with E-state index in [1.807, 2.05) is 0 Å². The van der Waals surface area contributed by atoms with Crippen molar-refractivity contribution >= 4 is 5.69 Å². The Bertz CT molecular complexity index is 264. The van der Waals surface area contributed by atoms with Crippen LogP contribution < -0.4 is 5.32 Å². The van der Waals surface area contributed by atoms with Crippen LogP contribution in [0.25, 0.3) is 0 Å². The lowest BCUT2D eigenvalue weighted by atomic mass is 10.0. The van der Waals surface area contributed by atoms with Gasteiger partial charge in [-0.15, -0.1) is 0 Å². The van der Waals surface area contributed by atoms with Gasteiger partial charge in [0.2, 0.25) is 0 Å². The minimum Gasteiger partial charge on any atom is -0.392 e. The fraction of sp³-hybridized carbons (Fsp3) is 0.500. The van der Waals surface area contributed by atoms with E-state index in [9.17, 15) is 0 Å². The van der Waals surface area contributed by atoms with Crippen molar-refractivity contribution in [3.8, 4) is 0 Å². The van der Waals surface area contributed by atoms with Crippen molar-refractivity contribution in [2.24, 2.45) is 0 Å². The summed E-state index contributed by atoms with van der Waals surface area (Å²) >= 11 is 0. The third-order valence-corrected chi connectivity index (χ3v) is 2.18. The van der Waals surface area contributed by atoms with Crippen LogP contribution in [-0.4, -0.2) is 17.8 Å². The molecule has 14 heavy (non-hydrogen) atoms. The zero-order chi connectivity index (χ0) is 10.6. The number of rotatable bonds is 4. The molecule has 2 nitrogen and oxygen atoms in total. The highest BCUT2D eigenvalue weighted by molar-refractivity contribution is 5.45. The highest BCUT2D eigenvalue weighted by Gasteiger charge is 1.99. The summed E-state index contributed by atoms with van der Waals surface area (Å²) in [6, 6.07) is 8.35. The zero-order valence-corrected chi connectivity index (χ0v) is 9.12. The molecule has 1 aromatic rings. The first-order chi connectivity index (χ1) is 6.59. The van der Waals surface area contributed by atoms with Gasteiger partial charge in [0, 0.05) is 12.2 Å². The third kappa shape index (κ3) is 3.38. The summed E-state index contributed by atoms with van der Waals surface area (Å²) < 4.78 is 0. The molecule has 0 bridgehead atoms. The third-order valence-electron chi connectivity index (χ3n) is 2.18. The monoisotopic (exact) mass is 193 g/mol. The molecule has 0 heterocycles. The van der Waals surface area contributed by atoms with Crippen LogP contribution in [-0.2, 0) is 0 Å².